The van der Waals surface area contributed by atoms with E-state index in [1.807, 2.05) is 24.3 Å². The lowest BCUT2D eigenvalue weighted by atomic mass is 10.1. The maximum Gasteiger partial charge on any atom is 0.356 e. The minimum atomic E-state index is -0.993. The van der Waals surface area contributed by atoms with E-state index in [2.05, 4.69) is 30.4 Å². The van der Waals surface area contributed by atoms with E-state index in [0.29, 0.717) is 31.3 Å². The van der Waals surface area contributed by atoms with Crippen LogP contribution in [0.4, 0.5) is 5.82 Å². The van der Waals surface area contributed by atoms with Gasteiger partial charge in [-0.3, -0.25) is 9.58 Å². The Hall–Kier alpha value is -3.79. The average molecular weight is 419 g/mol. The molecule has 0 bridgehead atoms. The second kappa shape index (κ2) is 7.80. The molecule has 0 atom stereocenters. The molecule has 0 radical (unpaired) electrons. The zero-order valence-corrected chi connectivity index (χ0v) is 16.9. The number of aryl methyl sites for hydroxylation is 1. The van der Waals surface area contributed by atoms with Crippen LogP contribution in [0, 0.1) is 6.92 Å². The fraction of sp³-hybridized carbons (Fsp3) is 0.286. The summed E-state index contributed by atoms with van der Waals surface area (Å²) in [6, 6.07) is 9.63. The Morgan fingerprint density at radius 3 is 2.97 bits per heavy atom. The van der Waals surface area contributed by atoms with Crippen molar-refractivity contribution in [3.8, 4) is 11.4 Å². The lowest BCUT2D eigenvalue weighted by molar-refractivity contribution is 0.0689. The number of anilines is 1. The molecule has 0 amide bonds. The summed E-state index contributed by atoms with van der Waals surface area (Å²) in [6.07, 6.45) is 1.79. The zero-order valence-electron chi connectivity index (χ0n) is 16.9. The zero-order chi connectivity index (χ0) is 21.4. The molecule has 10 nitrogen and oxygen atoms in total. The number of carboxylic acids is 1. The number of hydrogen-bond acceptors (Lipinski definition) is 8. The van der Waals surface area contributed by atoms with Crippen molar-refractivity contribution in [2.24, 2.45) is 0 Å². The second-order valence-corrected chi connectivity index (χ2v) is 7.48. The number of nitrogens with zero attached hydrogens (tertiary/aromatic N) is 6. The van der Waals surface area contributed by atoms with Crippen LogP contribution >= 0.6 is 0 Å². The average Bonchev–Trinajstić information content (AvgIpc) is 3.39. The van der Waals surface area contributed by atoms with Crippen LogP contribution in [0.5, 0.6) is 0 Å². The predicted molar refractivity (Wildman–Crippen MR) is 113 cm³/mol. The number of pyridine rings is 1. The molecule has 4 heterocycles. The lowest BCUT2D eigenvalue weighted by Gasteiger charge is -2.27. The van der Waals surface area contributed by atoms with Crippen molar-refractivity contribution in [3.63, 3.8) is 0 Å². The van der Waals surface area contributed by atoms with Crippen molar-refractivity contribution in [2.45, 2.75) is 20.0 Å². The molecule has 1 aliphatic heterocycles. The van der Waals surface area contributed by atoms with Gasteiger partial charge in [0.2, 0.25) is 11.7 Å². The predicted octanol–water partition coefficient (Wildman–Crippen LogP) is 2.42. The van der Waals surface area contributed by atoms with E-state index in [1.165, 1.54) is 0 Å². The third-order valence-corrected chi connectivity index (χ3v) is 5.37. The number of benzene rings is 1. The molecule has 1 aliphatic rings. The molecule has 10 heteroatoms. The van der Waals surface area contributed by atoms with E-state index in [4.69, 9.17) is 9.63 Å². The lowest BCUT2D eigenvalue weighted by Crippen LogP contribution is -2.36. The quantitative estimate of drug-likeness (QED) is 0.485. The van der Waals surface area contributed by atoms with Gasteiger partial charge in [-0.1, -0.05) is 17.3 Å². The van der Waals surface area contributed by atoms with Crippen molar-refractivity contribution >= 4 is 22.6 Å². The molecule has 1 aromatic carbocycles. The van der Waals surface area contributed by atoms with Gasteiger partial charge in [-0.2, -0.15) is 10.1 Å². The normalized spacial score (nSPS) is 14.0. The Morgan fingerprint density at radius 1 is 1.26 bits per heavy atom. The van der Waals surface area contributed by atoms with Crippen LogP contribution in [0.15, 0.2) is 41.1 Å². The van der Waals surface area contributed by atoms with Crippen LogP contribution in [0.25, 0.3) is 22.2 Å². The van der Waals surface area contributed by atoms with Crippen molar-refractivity contribution in [3.05, 3.63) is 53.8 Å². The van der Waals surface area contributed by atoms with E-state index in [-0.39, 0.29) is 5.69 Å². The van der Waals surface area contributed by atoms with Gasteiger partial charge in [-0.05, 0) is 23.6 Å². The summed E-state index contributed by atoms with van der Waals surface area (Å²) < 4.78 is 6.87. The molecular formula is C21H21N7O3. The van der Waals surface area contributed by atoms with Crippen molar-refractivity contribution < 1.29 is 14.4 Å². The van der Waals surface area contributed by atoms with Gasteiger partial charge in [0.1, 0.15) is 5.82 Å². The minimum Gasteiger partial charge on any atom is -0.476 e. The number of hydrogen-bond donors (Lipinski definition) is 2. The summed E-state index contributed by atoms with van der Waals surface area (Å²) >= 11 is 0. The van der Waals surface area contributed by atoms with Crippen LogP contribution in [0.3, 0.4) is 0 Å². The van der Waals surface area contributed by atoms with E-state index in [1.54, 1.807) is 23.9 Å². The first-order valence-electron chi connectivity index (χ1n) is 10.0. The number of aromatic carboxylic acids is 1. The highest BCUT2D eigenvalue weighted by atomic mass is 16.5. The van der Waals surface area contributed by atoms with Gasteiger partial charge in [0.25, 0.3) is 0 Å². The molecule has 0 saturated heterocycles. The maximum absolute atomic E-state index is 11.1. The summed E-state index contributed by atoms with van der Waals surface area (Å²) in [5.41, 5.74) is 1.90. The molecule has 5 rings (SSSR count). The first-order chi connectivity index (χ1) is 15.1. The van der Waals surface area contributed by atoms with Crippen molar-refractivity contribution in [1.29, 1.82) is 0 Å². The second-order valence-electron chi connectivity index (χ2n) is 7.48. The molecule has 0 spiro atoms. The third kappa shape index (κ3) is 3.84. The third-order valence-electron chi connectivity index (χ3n) is 5.37. The summed E-state index contributed by atoms with van der Waals surface area (Å²) in [5, 5.41) is 22.8. The largest absolute Gasteiger partial charge is 0.476 e. The Morgan fingerprint density at radius 2 is 2.16 bits per heavy atom. The smallest absolute Gasteiger partial charge is 0.356 e. The Labute approximate surface area is 177 Å². The summed E-state index contributed by atoms with van der Waals surface area (Å²) in [5.74, 6) is 0.889. The fourth-order valence-electron chi connectivity index (χ4n) is 3.81. The Kier molecular flexibility index (Phi) is 4.83. The van der Waals surface area contributed by atoms with Gasteiger partial charge in [0, 0.05) is 50.2 Å². The van der Waals surface area contributed by atoms with Crippen LogP contribution < -0.4 is 5.32 Å². The topological polar surface area (TPSA) is 122 Å². The first-order valence-corrected chi connectivity index (χ1v) is 10.0. The molecular weight excluding hydrogens is 398 g/mol. The first kappa shape index (κ1) is 19.2. The molecule has 0 saturated carbocycles. The maximum atomic E-state index is 11.1. The highest BCUT2D eigenvalue weighted by Crippen LogP contribution is 2.26. The molecule has 0 fully saturated rings. The van der Waals surface area contributed by atoms with E-state index >= 15 is 0 Å². The van der Waals surface area contributed by atoms with Crippen LogP contribution in [-0.2, 0) is 13.1 Å². The van der Waals surface area contributed by atoms with E-state index < -0.39 is 5.97 Å². The van der Waals surface area contributed by atoms with Crippen LogP contribution in [0.1, 0.15) is 22.1 Å². The monoisotopic (exact) mass is 419 g/mol. The number of fused-ring (bicyclic) bond motifs is 2. The molecule has 158 valence electrons. The molecule has 2 N–H and O–H groups in total. The van der Waals surface area contributed by atoms with Gasteiger partial charge in [-0.15, -0.1) is 0 Å². The fourth-order valence-corrected chi connectivity index (χ4v) is 3.81. The van der Waals surface area contributed by atoms with Crippen LogP contribution in [0.2, 0.25) is 0 Å². The number of carboxylic acid groups (broad SMARTS) is 1. The number of rotatable bonds is 6. The molecule has 31 heavy (non-hydrogen) atoms. The molecule has 3 aromatic heterocycles. The molecule has 0 unspecified atom stereocenters. The highest BCUT2D eigenvalue weighted by molar-refractivity contribution is 5.94. The number of aromatic nitrogens is 5. The Bertz CT molecular complexity index is 1260. The number of nitrogens with one attached hydrogen (secondary N) is 1. The van der Waals surface area contributed by atoms with Gasteiger partial charge in [-0.25, -0.2) is 9.78 Å². The SMILES string of the molecule is Cc1nc(-c2ccc3ccnc(NCCN4CCn5nc(C(=O)O)cc5C4)c3c2)no1. The minimum absolute atomic E-state index is 0.0996. The summed E-state index contributed by atoms with van der Waals surface area (Å²) in [6.45, 7) is 5.45. The molecule has 0 aliphatic carbocycles. The molecule has 4 aromatic rings. The standard InChI is InChI=1S/C21H21N7O3/c1-13-24-19(26-31-13)15-3-2-14-4-5-22-20(17(14)10-15)23-6-7-27-8-9-28-16(12-27)11-18(25-28)21(29)30/h2-5,10-11H,6-9,12H2,1H3,(H,22,23)(H,29,30). The van der Waals surface area contributed by atoms with Crippen molar-refractivity contribution in [2.75, 3.05) is 25.0 Å². The van der Waals surface area contributed by atoms with Gasteiger partial charge in [0.15, 0.2) is 5.69 Å². The van der Waals surface area contributed by atoms with Gasteiger partial charge >= 0.3 is 5.97 Å². The van der Waals surface area contributed by atoms with Gasteiger partial charge < -0.3 is 14.9 Å². The van der Waals surface area contributed by atoms with E-state index in [0.717, 1.165) is 40.9 Å². The van der Waals surface area contributed by atoms with Crippen molar-refractivity contribution in [1.82, 2.24) is 29.8 Å². The summed E-state index contributed by atoms with van der Waals surface area (Å²) in [7, 11) is 0. The number of carbonyl (C=O) groups is 1. The van der Waals surface area contributed by atoms with Crippen LogP contribution in [-0.4, -0.2) is 60.5 Å². The van der Waals surface area contributed by atoms with Gasteiger partial charge in [0.05, 0.1) is 12.2 Å². The van der Waals surface area contributed by atoms with E-state index in [9.17, 15) is 4.79 Å². The Balaban J connectivity index is 1.28. The highest BCUT2D eigenvalue weighted by Gasteiger charge is 2.20. The summed E-state index contributed by atoms with van der Waals surface area (Å²) in [4.78, 5) is 22.2.